The summed E-state index contributed by atoms with van der Waals surface area (Å²) >= 11 is 0. The van der Waals surface area contributed by atoms with Crippen molar-refractivity contribution in [3.8, 4) is 0 Å². The Morgan fingerprint density at radius 1 is 1.54 bits per heavy atom. The van der Waals surface area contributed by atoms with E-state index in [1.54, 1.807) is 19.4 Å². The fourth-order valence-electron chi connectivity index (χ4n) is 0.925. The van der Waals surface area contributed by atoms with Gasteiger partial charge in [0.2, 0.25) is 0 Å². The lowest BCUT2D eigenvalue weighted by Crippen LogP contribution is -2.22. The Morgan fingerprint density at radius 3 is 2.92 bits per heavy atom. The first-order valence-corrected chi connectivity index (χ1v) is 4.09. The SMILES string of the molecule is CNc1cncc(N(C)CCO)n1. The zero-order chi connectivity index (χ0) is 9.68. The predicted molar refractivity (Wildman–Crippen MR) is 51.9 cm³/mol. The molecule has 1 rings (SSSR count). The molecule has 0 radical (unpaired) electrons. The minimum absolute atomic E-state index is 0.113. The molecule has 0 saturated carbocycles. The van der Waals surface area contributed by atoms with Crippen LogP contribution in [0.4, 0.5) is 11.6 Å². The fraction of sp³-hybridized carbons (Fsp3) is 0.500. The number of likely N-dealkylation sites (N-methyl/N-ethyl adjacent to an activating group) is 1. The van der Waals surface area contributed by atoms with Crippen molar-refractivity contribution < 1.29 is 5.11 Å². The molecule has 0 aliphatic rings. The van der Waals surface area contributed by atoms with E-state index in [9.17, 15) is 0 Å². The first kappa shape index (κ1) is 9.73. The summed E-state index contributed by atoms with van der Waals surface area (Å²) in [6.45, 7) is 0.670. The van der Waals surface area contributed by atoms with E-state index >= 15 is 0 Å². The number of hydrogen-bond acceptors (Lipinski definition) is 5. The van der Waals surface area contributed by atoms with Gasteiger partial charge in [-0.1, -0.05) is 0 Å². The van der Waals surface area contributed by atoms with Gasteiger partial charge in [-0.05, 0) is 0 Å². The van der Waals surface area contributed by atoms with Gasteiger partial charge in [-0.2, -0.15) is 0 Å². The van der Waals surface area contributed by atoms with Crippen molar-refractivity contribution in [3.63, 3.8) is 0 Å². The molecule has 1 aromatic heterocycles. The molecule has 5 nitrogen and oxygen atoms in total. The Balaban J connectivity index is 2.75. The molecular weight excluding hydrogens is 168 g/mol. The quantitative estimate of drug-likeness (QED) is 0.683. The third-order valence-electron chi connectivity index (χ3n) is 1.70. The molecule has 0 amide bonds. The largest absolute Gasteiger partial charge is 0.395 e. The molecule has 0 spiro atoms. The minimum Gasteiger partial charge on any atom is -0.395 e. The highest BCUT2D eigenvalue weighted by molar-refractivity contribution is 5.42. The summed E-state index contributed by atoms with van der Waals surface area (Å²) in [5.74, 6) is 1.48. The molecule has 0 bridgehead atoms. The van der Waals surface area contributed by atoms with Gasteiger partial charge in [0.15, 0.2) is 0 Å². The monoisotopic (exact) mass is 182 g/mol. The van der Waals surface area contributed by atoms with Crippen LogP contribution in [0.2, 0.25) is 0 Å². The minimum atomic E-state index is 0.113. The number of aromatic nitrogens is 2. The van der Waals surface area contributed by atoms with Crippen molar-refractivity contribution in [2.75, 3.05) is 37.5 Å². The van der Waals surface area contributed by atoms with Gasteiger partial charge in [0.25, 0.3) is 0 Å². The van der Waals surface area contributed by atoms with Gasteiger partial charge in [0.1, 0.15) is 11.6 Å². The van der Waals surface area contributed by atoms with E-state index in [4.69, 9.17) is 5.11 Å². The van der Waals surface area contributed by atoms with Crippen molar-refractivity contribution in [2.24, 2.45) is 0 Å². The molecule has 5 heteroatoms. The number of rotatable bonds is 4. The maximum Gasteiger partial charge on any atom is 0.149 e. The van der Waals surface area contributed by atoms with Crippen LogP contribution >= 0.6 is 0 Å². The molecule has 1 aromatic rings. The summed E-state index contributed by atoms with van der Waals surface area (Å²) in [7, 11) is 3.65. The van der Waals surface area contributed by atoms with Crippen LogP contribution in [0, 0.1) is 0 Å². The lowest BCUT2D eigenvalue weighted by atomic mass is 10.5. The molecule has 2 N–H and O–H groups in total. The second-order valence-corrected chi connectivity index (χ2v) is 2.66. The Hall–Kier alpha value is -1.36. The molecule has 0 aliphatic heterocycles. The highest BCUT2D eigenvalue weighted by Gasteiger charge is 2.02. The number of hydrogen-bond donors (Lipinski definition) is 2. The van der Waals surface area contributed by atoms with Crippen molar-refractivity contribution >= 4 is 11.6 Å². The van der Waals surface area contributed by atoms with E-state index in [2.05, 4.69) is 15.3 Å². The highest BCUT2D eigenvalue weighted by Crippen LogP contribution is 2.09. The number of aliphatic hydroxyl groups excluding tert-OH is 1. The highest BCUT2D eigenvalue weighted by atomic mass is 16.3. The van der Waals surface area contributed by atoms with Gasteiger partial charge in [0.05, 0.1) is 19.0 Å². The van der Waals surface area contributed by atoms with Crippen LogP contribution in [-0.4, -0.2) is 42.3 Å². The lowest BCUT2D eigenvalue weighted by molar-refractivity contribution is 0.304. The van der Waals surface area contributed by atoms with Crippen LogP contribution in [0.3, 0.4) is 0 Å². The average molecular weight is 182 g/mol. The molecule has 0 aliphatic carbocycles. The predicted octanol–water partition coefficient (Wildman–Crippen LogP) is -0.0532. The molecule has 0 saturated heterocycles. The van der Waals surface area contributed by atoms with Gasteiger partial charge < -0.3 is 15.3 Å². The maximum absolute atomic E-state index is 8.72. The zero-order valence-corrected chi connectivity index (χ0v) is 7.86. The van der Waals surface area contributed by atoms with Crippen molar-refractivity contribution in [1.29, 1.82) is 0 Å². The van der Waals surface area contributed by atoms with Gasteiger partial charge >= 0.3 is 0 Å². The van der Waals surface area contributed by atoms with Gasteiger partial charge in [-0.15, -0.1) is 0 Å². The second kappa shape index (κ2) is 4.61. The van der Waals surface area contributed by atoms with E-state index in [0.717, 1.165) is 11.6 Å². The maximum atomic E-state index is 8.72. The third kappa shape index (κ3) is 2.55. The normalized spacial score (nSPS) is 9.77. The molecule has 1 heterocycles. The number of aliphatic hydroxyl groups is 1. The van der Waals surface area contributed by atoms with Crippen molar-refractivity contribution in [1.82, 2.24) is 9.97 Å². The van der Waals surface area contributed by atoms with E-state index < -0.39 is 0 Å². The van der Waals surface area contributed by atoms with Crippen LogP contribution in [0.15, 0.2) is 12.4 Å². The van der Waals surface area contributed by atoms with Crippen molar-refractivity contribution in [3.05, 3.63) is 12.4 Å². The van der Waals surface area contributed by atoms with Gasteiger partial charge in [0, 0.05) is 20.6 Å². The second-order valence-electron chi connectivity index (χ2n) is 2.66. The number of nitrogens with zero attached hydrogens (tertiary/aromatic N) is 3. The Kier molecular flexibility index (Phi) is 3.45. The molecular formula is C8H14N4O. The molecule has 0 unspecified atom stereocenters. The fourth-order valence-corrected chi connectivity index (χ4v) is 0.925. The van der Waals surface area contributed by atoms with E-state index in [0.29, 0.717) is 6.54 Å². The summed E-state index contributed by atoms with van der Waals surface area (Å²) in [5, 5.41) is 11.6. The summed E-state index contributed by atoms with van der Waals surface area (Å²) < 4.78 is 0. The lowest BCUT2D eigenvalue weighted by Gasteiger charge is -2.16. The molecule has 0 fully saturated rings. The van der Waals surface area contributed by atoms with Crippen LogP contribution in [0.25, 0.3) is 0 Å². The van der Waals surface area contributed by atoms with Crippen LogP contribution < -0.4 is 10.2 Å². The molecule has 72 valence electrons. The standard InChI is InChI=1S/C8H14N4O/c1-9-7-5-10-6-8(11-7)12(2)3-4-13/h5-6,13H,3-4H2,1-2H3,(H,9,11). The van der Waals surface area contributed by atoms with E-state index in [1.165, 1.54) is 0 Å². The molecule has 0 atom stereocenters. The summed E-state index contributed by atoms with van der Waals surface area (Å²) in [4.78, 5) is 10.1. The summed E-state index contributed by atoms with van der Waals surface area (Å²) in [5.41, 5.74) is 0. The first-order chi connectivity index (χ1) is 6.27. The van der Waals surface area contributed by atoms with E-state index in [1.807, 2.05) is 11.9 Å². The number of nitrogens with one attached hydrogen (secondary N) is 1. The Morgan fingerprint density at radius 2 is 2.31 bits per heavy atom. The zero-order valence-electron chi connectivity index (χ0n) is 7.86. The number of anilines is 2. The smallest absolute Gasteiger partial charge is 0.149 e. The topological polar surface area (TPSA) is 61.3 Å². The first-order valence-electron chi connectivity index (χ1n) is 4.09. The average Bonchev–Trinajstić information content (AvgIpc) is 2.18. The third-order valence-corrected chi connectivity index (χ3v) is 1.70. The van der Waals surface area contributed by atoms with E-state index in [-0.39, 0.29) is 6.61 Å². The Labute approximate surface area is 77.4 Å². The van der Waals surface area contributed by atoms with Gasteiger partial charge in [-0.25, -0.2) is 4.98 Å². The molecule has 0 aromatic carbocycles. The van der Waals surface area contributed by atoms with Gasteiger partial charge in [-0.3, -0.25) is 4.98 Å². The van der Waals surface area contributed by atoms with Crippen LogP contribution in [0.1, 0.15) is 0 Å². The molecule has 13 heavy (non-hydrogen) atoms. The summed E-state index contributed by atoms with van der Waals surface area (Å²) in [6, 6.07) is 0. The summed E-state index contributed by atoms with van der Waals surface area (Å²) in [6.07, 6.45) is 3.31. The van der Waals surface area contributed by atoms with Crippen molar-refractivity contribution in [2.45, 2.75) is 0 Å². The van der Waals surface area contributed by atoms with Crippen LogP contribution in [-0.2, 0) is 0 Å². The Bertz CT molecular complexity index is 266. The van der Waals surface area contributed by atoms with Crippen LogP contribution in [0.5, 0.6) is 0 Å².